The Labute approximate surface area is 307 Å². The van der Waals surface area contributed by atoms with Crippen LogP contribution in [-0.4, -0.2) is 71.0 Å². The number of amides is 2. The van der Waals surface area contributed by atoms with Gasteiger partial charge in [-0.2, -0.15) is 8.42 Å². The molecule has 1 saturated heterocycles. The summed E-state index contributed by atoms with van der Waals surface area (Å²) in [6, 6.07) is 12.0. The molecule has 3 aromatic rings. The van der Waals surface area contributed by atoms with Crippen LogP contribution in [-0.2, 0) is 20.2 Å². The second-order valence-electron chi connectivity index (χ2n) is 16.8. The molecule has 52 heavy (non-hydrogen) atoms. The highest BCUT2D eigenvalue weighted by molar-refractivity contribution is 7.90. The number of pyridine rings is 3. The third-order valence-corrected chi connectivity index (χ3v) is 11.1. The minimum Gasteiger partial charge on any atom is -0.444 e. The Morgan fingerprint density at radius 1 is 1.00 bits per heavy atom. The molecular formula is C39H51N7O5S. The van der Waals surface area contributed by atoms with E-state index in [0.29, 0.717) is 44.1 Å². The Morgan fingerprint density at radius 3 is 2.42 bits per heavy atom. The first-order chi connectivity index (χ1) is 24.3. The lowest BCUT2D eigenvalue weighted by atomic mass is 9.90. The van der Waals surface area contributed by atoms with Gasteiger partial charge in [0.15, 0.2) is 5.03 Å². The number of nitrogens with zero attached hydrogens (tertiary/aromatic N) is 5. The minimum atomic E-state index is -4.32. The van der Waals surface area contributed by atoms with Gasteiger partial charge in [-0.1, -0.05) is 39.0 Å². The lowest BCUT2D eigenvalue weighted by molar-refractivity contribution is 0.0270. The molecule has 6 rings (SSSR count). The third-order valence-electron chi connectivity index (χ3n) is 9.89. The van der Waals surface area contributed by atoms with Gasteiger partial charge in [-0.05, 0) is 108 Å². The molecule has 1 fully saturated rings. The molecule has 3 aromatic heterocycles. The lowest BCUT2D eigenvalue weighted by Crippen LogP contribution is -2.41. The van der Waals surface area contributed by atoms with Crippen LogP contribution in [0.1, 0.15) is 114 Å². The van der Waals surface area contributed by atoms with E-state index in [1.807, 2.05) is 45.2 Å². The molecule has 0 aliphatic carbocycles. The van der Waals surface area contributed by atoms with Gasteiger partial charge in [-0.15, -0.1) is 0 Å². The predicted molar refractivity (Wildman–Crippen MR) is 202 cm³/mol. The number of hydrogen-bond donors (Lipinski definition) is 2. The molecule has 3 aliphatic rings. The number of rotatable bonds is 2. The summed E-state index contributed by atoms with van der Waals surface area (Å²) >= 11 is 0. The first-order valence-corrected chi connectivity index (χ1v) is 19.5. The first-order valence-electron chi connectivity index (χ1n) is 18.0. The SMILES string of the molecule is CC(C)(C)OC(=O)N1CC=C(c2ccc(C3CC[C@@H]4CN(c5nc(C(C)(C)C)ccc5C(=O)NS(=O)(=O)c5cccc(n5)N3)C(C)(C)C4)nc2)CC1. The molecule has 0 aromatic carbocycles. The van der Waals surface area contributed by atoms with Gasteiger partial charge in [0.2, 0.25) is 0 Å². The van der Waals surface area contributed by atoms with Gasteiger partial charge in [-0.25, -0.2) is 19.5 Å². The highest BCUT2D eigenvalue weighted by Crippen LogP contribution is 2.41. The zero-order chi connectivity index (χ0) is 37.6. The predicted octanol–water partition coefficient (Wildman–Crippen LogP) is 6.86. The number of aromatic nitrogens is 3. The average Bonchev–Trinajstić information content (AvgIpc) is 3.38. The number of sulfonamides is 1. The molecule has 2 atom stereocenters. The molecular weight excluding hydrogens is 679 g/mol. The first kappa shape index (κ1) is 37.2. The van der Waals surface area contributed by atoms with Crippen LogP contribution in [0, 0.1) is 5.92 Å². The van der Waals surface area contributed by atoms with Crippen molar-refractivity contribution in [2.75, 3.05) is 29.9 Å². The molecule has 278 valence electrons. The monoisotopic (exact) mass is 729 g/mol. The van der Waals surface area contributed by atoms with Gasteiger partial charge >= 0.3 is 6.09 Å². The maximum atomic E-state index is 13.7. The van der Waals surface area contributed by atoms with Gasteiger partial charge in [0.05, 0.1) is 17.3 Å². The highest BCUT2D eigenvalue weighted by Gasteiger charge is 2.41. The van der Waals surface area contributed by atoms with Crippen molar-refractivity contribution in [2.45, 2.75) is 109 Å². The maximum Gasteiger partial charge on any atom is 0.410 e. The molecule has 1 unspecified atom stereocenters. The van der Waals surface area contributed by atoms with Gasteiger partial charge in [-0.3, -0.25) is 9.78 Å². The molecule has 12 nitrogen and oxygen atoms in total. The Balaban J connectivity index is 1.31. The normalized spacial score (nSPS) is 21.8. The van der Waals surface area contributed by atoms with Gasteiger partial charge < -0.3 is 19.9 Å². The molecule has 2 N–H and O–H groups in total. The summed E-state index contributed by atoms with van der Waals surface area (Å²) < 4.78 is 35.0. The van der Waals surface area contributed by atoms with Gasteiger partial charge in [0.25, 0.3) is 15.9 Å². The standard InChI is InChI=1S/C39H51N7O5S/c1-37(2,3)31-17-14-28-34(42-31)46-24-25(22-39(46,7)8)12-15-30(41-32-10-9-11-33(43-32)52(49,50)44-35(28)47)29-16-13-27(23-40-29)26-18-20-45(21-19-26)36(48)51-38(4,5)6/h9-11,13-14,16-18,23,25,30H,12,15,19-22,24H2,1-8H3,(H,41,43)(H,44,47)/t25-,30?/m0/s1. The fraction of sp³-hybridized carbons (Fsp3) is 0.513. The number of ether oxygens (including phenoxy) is 1. The fourth-order valence-electron chi connectivity index (χ4n) is 7.18. The van der Waals surface area contributed by atoms with E-state index in [2.05, 4.69) is 54.5 Å². The summed E-state index contributed by atoms with van der Waals surface area (Å²) in [7, 11) is -4.32. The molecule has 3 aliphatic heterocycles. The van der Waals surface area contributed by atoms with E-state index in [4.69, 9.17) is 14.7 Å². The van der Waals surface area contributed by atoms with E-state index in [0.717, 1.165) is 35.4 Å². The van der Waals surface area contributed by atoms with Crippen LogP contribution in [0.4, 0.5) is 16.4 Å². The largest absolute Gasteiger partial charge is 0.444 e. The topological polar surface area (TPSA) is 147 Å². The zero-order valence-corrected chi connectivity index (χ0v) is 32.3. The molecule has 6 heterocycles. The van der Waals surface area contributed by atoms with Gasteiger partial charge in [0, 0.05) is 42.5 Å². The van der Waals surface area contributed by atoms with E-state index in [1.165, 1.54) is 6.07 Å². The molecule has 13 heteroatoms. The Bertz CT molecular complexity index is 1980. The van der Waals surface area contributed by atoms with E-state index in [-0.39, 0.29) is 39.6 Å². The summed E-state index contributed by atoms with van der Waals surface area (Å²) in [5.41, 5.74) is 2.77. The quantitative estimate of drug-likeness (QED) is 0.287. The van der Waals surface area contributed by atoms with E-state index in [1.54, 1.807) is 29.2 Å². The number of carbonyl (C=O) groups is 2. The number of carbonyl (C=O) groups excluding carboxylic acids is 2. The summed E-state index contributed by atoms with van der Waals surface area (Å²) in [4.78, 5) is 44.5. The maximum absolute atomic E-state index is 13.7. The third kappa shape index (κ3) is 8.24. The smallest absolute Gasteiger partial charge is 0.410 e. The van der Waals surface area contributed by atoms with Crippen LogP contribution >= 0.6 is 0 Å². The second-order valence-corrected chi connectivity index (χ2v) is 18.4. The second kappa shape index (κ2) is 13.8. The lowest BCUT2D eigenvalue weighted by Gasteiger charge is -2.34. The van der Waals surface area contributed by atoms with Crippen LogP contribution in [0.25, 0.3) is 5.57 Å². The van der Waals surface area contributed by atoms with Crippen molar-refractivity contribution in [1.82, 2.24) is 24.6 Å². The molecule has 0 radical (unpaired) electrons. The van der Waals surface area contributed by atoms with Crippen molar-refractivity contribution in [1.29, 1.82) is 0 Å². The zero-order valence-electron chi connectivity index (χ0n) is 31.5. The Morgan fingerprint density at radius 2 is 1.77 bits per heavy atom. The number of hydrogen-bond acceptors (Lipinski definition) is 10. The Kier molecular flexibility index (Phi) is 9.88. The summed E-state index contributed by atoms with van der Waals surface area (Å²) in [6.45, 7) is 17.8. The summed E-state index contributed by atoms with van der Waals surface area (Å²) in [6.07, 6.45) is 6.72. The van der Waals surface area contributed by atoms with E-state index < -0.39 is 21.5 Å². The molecule has 0 saturated carbocycles. The van der Waals surface area contributed by atoms with Crippen molar-refractivity contribution in [2.24, 2.45) is 5.92 Å². The average molecular weight is 730 g/mol. The number of nitrogens with one attached hydrogen (secondary N) is 2. The van der Waals surface area contributed by atoms with Crippen LogP contribution in [0.5, 0.6) is 0 Å². The highest BCUT2D eigenvalue weighted by atomic mass is 32.2. The number of fused-ring (bicyclic) bond motifs is 6. The van der Waals surface area contributed by atoms with Crippen LogP contribution in [0.15, 0.2) is 59.8 Å². The minimum absolute atomic E-state index is 0.210. The van der Waals surface area contributed by atoms with Crippen molar-refractivity contribution in [3.05, 3.63) is 77.3 Å². The van der Waals surface area contributed by atoms with Crippen molar-refractivity contribution >= 4 is 39.2 Å². The molecule has 2 amide bonds. The van der Waals surface area contributed by atoms with Crippen LogP contribution in [0.2, 0.25) is 0 Å². The Hall–Kier alpha value is -4.52. The van der Waals surface area contributed by atoms with Crippen molar-refractivity contribution < 1.29 is 22.7 Å². The van der Waals surface area contributed by atoms with Crippen molar-refractivity contribution in [3.8, 4) is 0 Å². The number of anilines is 2. The van der Waals surface area contributed by atoms with Crippen molar-refractivity contribution in [3.63, 3.8) is 0 Å². The summed E-state index contributed by atoms with van der Waals surface area (Å²) in [5.74, 6) is 0.388. The van der Waals surface area contributed by atoms with Crippen LogP contribution < -0.4 is 14.9 Å². The van der Waals surface area contributed by atoms with E-state index >= 15 is 0 Å². The van der Waals surface area contributed by atoms with E-state index in [9.17, 15) is 18.0 Å². The molecule has 4 bridgehead atoms. The fourth-order valence-corrected chi connectivity index (χ4v) is 8.11. The van der Waals surface area contributed by atoms with Gasteiger partial charge in [0.1, 0.15) is 17.2 Å². The summed E-state index contributed by atoms with van der Waals surface area (Å²) in [5, 5.41) is 3.19. The van der Waals surface area contributed by atoms with Crippen LogP contribution in [0.3, 0.4) is 0 Å². The molecule has 0 spiro atoms.